The number of benzene rings is 3. The summed E-state index contributed by atoms with van der Waals surface area (Å²) in [6.45, 7) is -0.0461. The number of para-hydroxylation sites is 1. The third kappa shape index (κ3) is 5.05. The minimum atomic E-state index is -5.15. The number of nitrogens with one attached hydrogen (secondary N) is 1. The zero-order valence-corrected chi connectivity index (χ0v) is 20.6. The summed E-state index contributed by atoms with van der Waals surface area (Å²) in [5.41, 5.74) is 2.52. The summed E-state index contributed by atoms with van der Waals surface area (Å²) >= 11 is 0. The van der Waals surface area contributed by atoms with Crippen LogP contribution in [0.5, 0.6) is 11.5 Å². The molecule has 0 aliphatic carbocycles. The van der Waals surface area contributed by atoms with Crippen molar-refractivity contribution in [3.63, 3.8) is 0 Å². The molecule has 1 amide bonds. The highest BCUT2D eigenvalue weighted by atomic mass is 19.4. The van der Waals surface area contributed by atoms with Crippen LogP contribution in [-0.2, 0) is 14.3 Å². The highest BCUT2D eigenvalue weighted by molar-refractivity contribution is 5.98. The number of carbonyl (C=O) groups excluding carboxylic acids is 2. The number of methoxy groups -OCH3 is 1. The predicted molar refractivity (Wildman–Crippen MR) is 134 cm³/mol. The van der Waals surface area contributed by atoms with Gasteiger partial charge >= 0.3 is 18.1 Å². The van der Waals surface area contributed by atoms with Gasteiger partial charge in [0, 0.05) is 34.5 Å². The number of rotatable bonds is 6. The molecule has 0 spiro atoms. The minimum Gasteiger partial charge on any atom is -0.493 e. The van der Waals surface area contributed by atoms with Crippen LogP contribution in [0.25, 0.3) is 0 Å². The second-order valence-electron chi connectivity index (χ2n) is 9.05. The van der Waals surface area contributed by atoms with E-state index in [1.807, 2.05) is 6.07 Å². The Hall–Kier alpha value is -4.72. The molecule has 1 N–H and O–H groups in total. The van der Waals surface area contributed by atoms with E-state index >= 15 is 0 Å². The number of carbonyl (C=O) groups is 2. The second kappa shape index (κ2) is 10.2. The average molecular weight is 537 g/mol. The molecule has 2 aliphatic rings. The van der Waals surface area contributed by atoms with E-state index < -0.39 is 24.1 Å². The molecule has 0 unspecified atom stereocenters. The summed E-state index contributed by atoms with van der Waals surface area (Å²) in [7, 11) is 1.27. The molecule has 5 rings (SSSR count). The lowest BCUT2D eigenvalue weighted by atomic mass is 9.97. The van der Waals surface area contributed by atoms with E-state index in [1.165, 1.54) is 19.2 Å². The number of nitrogens with zero attached hydrogens (tertiary/aromatic N) is 2. The highest BCUT2D eigenvalue weighted by Gasteiger charge is 2.48. The number of hydrogen-bond donors (Lipinski definition) is 1. The maximum absolute atomic E-state index is 13.8. The number of anilines is 3. The number of ether oxygens (including phenoxy) is 3. The van der Waals surface area contributed by atoms with Crippen molar-refractivity contribution < 1.29 is 37.0 Å². The first kappa shape index (κ1) is 25.9. The number of halogens is 3. The Morgan fingerprint density at radius 1 is 1.08 bits per heavy atom. The summed E-state index contributed by atoms with van der Waals surface area (Å²) in [4.78, 5) is 25.2. The first-order valence-corrected chi connectivity index (χ1v) is 12.0. The van der Waals surface area contributed by atoms with Crippen molar-refractivity contribution in [2.24, 2.45) is 0 Å². The van der Waals surface area contributed by atoms with Crippen molar-refractivity contribution in [2.75, 3.05) is 30.5 Å². The Bertz CT molecular complexity index is 1480. The van der Waals surface area contributed by atoms with E-state index in [4.69, 9.17) is 19.5 Å². The Morgan fingerprint density at radius 2 is 1.87 bits per heavy atom. The van der Waals surface area contributed by atoms with Gasteiger partial charge in [-0.25, -0.2) is 0 Å². The van der Waals surface area contributed by atoms with Crippen LogP contribution in [-0.4, -0.2) is 38.4 Å². The molecule has 0 radical (unpaired) electrons. The van der Waals surface area contributed by atoms with Crippen molar-refractivity contribution in [3.05, 3.63) is 77.4 Å². The fourth-order valence-electron chi connectivity index (χ4n) is 4.81. The largest absolute Gasteiger partial charge is 0.493 e. The molecule has 11 heteroatoms. The SMILES string of the molecule is COC(=O)C[C@@H]1COc2cc(N(C(=O)C(F)(F)F)[C@@H]3COc4c(Nc5cccc(C#N)c5)cccc43)ccc21. The molecule has 2 heterocycles. The number of hydrogen-bond acceptors (Lipinski definition) is 7. The maximum Gasteiger partial charge on any atom is 0.471 e. The first-order chi connectivity index (χ1) is 18.7. The van der Waals surface area contributed by atoms with Crippen molar-refractivity contribution in [1.82, 2.24) is 0 Å². The van der Waals surface area contributed by atoms with Gasteiger partial charge in [-0.3, -0.25) is 14.5 Å². The molecule has 8 nitrogen and oxygen atoms in total. The second-order valence-corrected chi connectivity index (χ2v) is 9.05. The third-order valence-corrected chi connectivity index (χ3v) is 6.63. The number of alkyl halides is 3. The third-order valence-electron chi connectivity index (χ3n) is 6.63. The standard InChI is InChI=1S/C28H22F3N3O5/c1-37-25(35)11-17-14-38-24-12-19(8-9-20(17)24)34(27(36)28(29,30)31)23-15-39-26-21(23)6-3-7-22(26)33-18-5-2-4-16(10-18)13-32/h2-10,12,17,23,33H,11,14-15H2,1H3/t17-,23-/m1/s1. The molecule has 0 bridgehead atoms. The summed E-state index contributed by atoms with van der Waals surface area (Å²) < 4.78 is 57.7. The lowest BCUT2D eigenvalue weighted by Gasteiger charge is -2.29. The topological polar surface area (TPSA) is 101 Å². The lowest BCUT2D eigenvalue weighted by Crippen LogP contribution is -2.44. The van der Waals surface area contributed by atoms with Gasteiger partial charge in [-0.2, -0.15) is 18.4 Å². The van der Waals surface area contributed by atoms with E-state index in [1.54, 1.807) is 48.5 Å². The lowest BCUT2D eigenvalue weighted by molar-refractivity contribution is -0.171. The monoisotopic (exact) mass is 537 g/mol. The molecule has 0 fully saturated rings. The summed E-state index contributed by atoms with van der Waals surface area (Å²) in [5, 5.41) is 12.3. The Balaban J connectivity index is 1.50. The van der Waals surface area contributed by atoms with Gasteiger partial charge in [0.05, 0.1) is 43.5 Å². The van der Waals surface area contributed by atoms with E-state index in [2.05, 4.69) is 5.32 Å². The van der Waals surface area contributed by atoms with Crippen molar-refractivity contribution in [3.8, 4) is 17.6 Å². The molecule has 2 aliphatic heterocycles. The Kier molecular flexibility index (Phi) is 6.78. The van der Waals surface area contributed by atoms with Crippen LogP contribution in [0.4, 0.5) is 30.2 Å². The quantitative estimate of drug-likeness (QED) is 0.422. The van der Waals surface area contributed by atoms with E-state index in [0.717, 1.165) is 0 Å². The van der Waals surface area contributed by atoms with E-state index in [9.17, 15) is 22.8 Å². The predicted octanol–water partition coefficient (Wildman–Crippen LogP) is 5.37. The fourth-order valence-corrected chi connectivity index (χ4v) is 4.81. The van der Waals surface area contributed by atoms with E-state index in [-0.39, 0.29) is 31.2 Å². The van der Waals surface area contributed by atoms with Crippen molar-refractivity contribution in [2.45, 2.75) is 24.6 Å². The molecule has 2 atom stereocenters. The Labute approximate surface area is 221 Å². The molecule has 200 valence electrons. The fraction of sp³-hybridized carbons (Fsp3) is 0.250. The van der Waals surface area contributed by atoms with Gasteiger partial charge in [-0.1, -0.05) is 24.3 Å². The average Bonchev–Trinajstić information content (AvgIpc) is 3.53. The molecule has 0 aromatic heterocycles. The smallest absolute Gasteiger partial charge is 0.471 e. The molecule has 0 saturated heterocycles. The molecular weight excluding hydrogens is 515 g/mol. The zero-order chi connectivity index (χ0) is 27.7. The molecule has 39 heavy (non-hydrogen) atoms. The van der Waals surface area contributed by atoms with Crippen LogP contribution < -0.4 is 19.7 Å². The number of nitriles is 1. The van der Waals surface area contributed by atoms with Gasteiger partial charge in [-0.15, -0.1) is 0 Å². The zero-order valence-electron chi connectivity index (χ0n) is 20.6. The first-order valence-electron chi connectivity index (χ1n) is 12.0. The normalized spacial score (nSPS) is 17.2. The minimum absolute atomic E-state index is 0.0173. The van der Waals surface area contributed by atoms with Crippen LogP contribution in [0, 0.1) is 11.3 Å². The number of amides is 1. The van der Waals surface area contributed by atoms with Gasteiger partial charge in [0.1, 0.15) is 18.1 Å². The molecule has 0 saturated carbocycles. The van der Waals surface area contributed by atoms with Crippen LogP contribution in [0.15, 0.2) is 60.7 Å². The van der Waals surface area contributed by atoms with Gasteiger partial charge in [0.2, 0.25) is 0 Å². The summed E-state index contributed by atoms with van der Waals surface area (Å²) in [5.74, 6) is -2.18. The van der Waals surface area contributed by atoms with Gasteiger partial charge in [-0.05, 0) is 30.3 Å². The summed E-state index contributed by atoms with van der Waals surface area (Å²) in [6.07, 6.45) is -5.09. The van der Waals surface area contributed by atoms with Crippen LogP contribution in [0.1, 0.15) is 35.1 Å². The van der Waals surface area contributed by atoms with Crippen LogP contribution in [0.3, 0.4) is 0 Å². The molecule has 3 aromatic rings. The van der Waals surface area contributed by atoms with Crippen LogP contribution >= 0.6 is 0 Å². The van der Waals surface area contributed by atoms with Crippen LogP contribution in [0.2, 0.25) is 0 Å². The van der Waals surface area contributed by atoms with Crippen molar-refractivity contribution in [1.29, 1.82) is 5.26 Å². The summed E-state index contributed by atoms with van der Waals surface area (Å²) in [6, 6.07) is 17.0. The van der Waals surface area contributed by atoms with E-state index in [0.29, 0.717) is 44.5 Å². The highest BCUT2D eigenvalue weighted by Crippen LogP contribution is 2.46. The van der Waals surface area contributed by atoms with Crippen molar-refractivity contribution >= 4 is 28.9 Å². The van der Waals surface area contributed by atoms with Gasteiger partial charge in [0.15, 0.2) is 0 Å². The number of esters is 1. The van der Waals surface area contributed by atoms with Gasteiger partial charge < -0.3 is 19.5 Å². The molecule has 3 aromatic carbocycles. The Morgan fingerprint density at radius 3 is 2.62 bits per heavy atom. The molecular formula is C28H22F3N3O5. The maximum atomic E-state index is 13.8. The van der Waals surface area contributed by atoms with Gasteiger partial charge in [0.25, 0.3) is 0 Å². The number of fused-ring (bicyclic) bond motifs is 2.